The average Bonchev–Trinajstić information content (AvgIpc) is 2.44. The summed E-state index contributed by atoms with van der Waals surface area (Å²) in [5.74, 6) is 1.90. The highest BCUT2D eigenvalue weighted by Gasteiger charge is 2.06. The summed E-state index contributed by atoms with van der Waals surface area (Å²) in [5, 5.41) is 0. The van der Waals surface area contributed by atoms with E-state index in [2.05, 4.69) is 39.1 Å². The largest absolute Gasteiger partial charge is 0.493 e. The van der Waals surface area contributed by atoms with Crippen LogP contribution in [0.3, 0.4) is 0 Å². The first kappa shape index (κ1) is 16.4. The molecule has 1 aromatic rings. The predicted molar refractivity (Wildman–Crippen MR) is 85.8 cm³/mol. The van der Waals surface area contributed by atoms with Crippen LogP contribution in [-0.2, 0) is 0 Å². The molecule has 0 amide bonds. The van der Waals surface area contributed by atoms with Gasteiger partial charge in [0.05, 0.1) is 13.2 Å². The van der Waals surface area contributed by atoms with Crippen molar-refractivity contribution in [3.63, 3.8) is 0 Å². The Bertz CT molecular complexity index is 394. The summed E-state index contributed by atoms with van der Waals surface area (Å²) in [6, 6.07) is 4.12. The fourth-order valence-corrected chi connectivity index (χ4v) is 1.89. The van der Waals surface area contributed by atoms with E-state index in [9.17, 15) is 0 Å². The lowest BCUT2D eigenvalue weighted by Crippen LogP contribution is -2.02. The van der Waals surface area contributed by atoms with E-state index in [4.69, 9.17) is 9.47 Å². The molecule has 0 heterocycles. The topological polar surface area (TPSA) is 18.5 Å². The Morgan fingerprint density at radius 3 is 1.60 bits per heavy atom. The Kier molecular flexibility index (Phi) is 7.56. The van der Waals surface area contributed by atoms with Gasteiger partial charge in [-0.15, -0.1) is 13.2 Å². The van der Waals surface area contributed by atoms with Gasteiger partial charge in [-0.3, -0.25) is 0 Å². The summed E-state index contributed by atoms with van der Waals surface area (Å²) in [5.41, 5.74) is 2.24. The molecule has 2 nitrogen and oxygen atoms in total. The van der Waals surface area contributed by atoms with E-state index >= 15 is 0 Å². The summed E-state index contributed by atoms with van der Waals surface area (Å²) in [4.78, 5) is 0. The normalized spacial score (nSPS) is 10.1. The third-order valence-electron chi connectivity index (χ3n) is 3.09. The number of hydrogen-bond acceptors (Lipinski definition) is 2. The van der Waals surface area contributed by atoms with E-state index in [-0.39, 0.29) is 0 Å². The Morgan fingerprint density at radius 1 is 0.850 bits per heavy atom. The van der Waals surface area contributed by atoms with Crippen molar-refractivity contribution in [1.82, 2.24) is 0 Å². The van der Waals surface area contributed by atoms with E-state index < -0.39 is 0 Å². The number of rotatable bonds is 10. The molecule has 20 heavy (non-hydrogen) atoms. The molecular formula is C18H26O2. The third-order valence-corrected chi connectivity index (χ3v) is 3.09. The Morgan fingerprint density at radius 2 is 1.25 bits per heavy atom. The van der Waals surface area contributed by atoms with Gasteiger partial charge in [-0.2, -0.15) is 0 Å². The zero-order valence-electron chi connectivity index (χ0n) is 12.8. The molecule has 1 aromatic carbocycles. The van der Waals surface area contributed by atoms with Gasteiger partial charge in [0.25, 0.3) is 0 Å². The van der Waals surface area contributed by atoms with Crippen molar-refractivity contribution in [2.45, 2.75) is 39.5 Å². The monoisotopic (exact) mass is 274 g/mol. The van der Waals surface area contributed by atoms with Crippen molar-refractivity contribution < 1.29 is 9.47 Å². The van der Waals surface area contributed by atoms with Crippen molar-refractivity contribution >= 4 is 0 Å². The first-order valence-electron chi connectivity index (χ1n) is 7.27. The van der Waals surface area contributed by atoms with Crippen LogP contribution in [0.5, 0.6) is 11.5 Å². The van der Waals surface area contributed by atoms with Crippen LogP contribution in [0.1, 0.15) is 36.8 Å². The number of unbranched alkanes of at least 4 members (excludes halogenated alkanes) is 2. The molecule has 0 aliphatic carbocycles. The van der Waals surface area contributed by atoms with Gasteiger partial charge in [-0.1, -0.05) is 12.2 Å². The average molecular weight is 274 g/mol. The maximum absolute atomic E-state index is 5.80. The number of aryl methyl sites for hydroxylation is 2. The number of hydrogen-bond donors (Lipinski definition) is 0. The first-order valence-corrected chi connectivity index (χ1v) is 7.27. The Labute approximate surface area is 123 Å². The number of allylic oxidation sites excluding steroid dienone is 2. The van der Waals surface area contributed by atoms with Crippen molar-refractivity contribution in [1.29, 1.82) is 0 Å². The van der Waals surface area contributed by atoms with Crippen LogP contribution < -0.4 is 9.47 Å². The number of ether oxygens (including phenoxy) is 2. The third kappa shape index (κ3) is 5.52. The second-order valence-electron chi connectivity index (χ2n) is 4.94. The summed E-state index contributed by atoms with van der Waals surface area (Å²) < 4.78 is 11.6. The zero-order valence-corrected chi connectivity index (χ0v) is 12.8. The van der Waals surface area contributed by atoms with E-state index in [0.29, 0.717) is 0 Å². The van der Waals surface area contributed by atoms with Gasteiger partial charge in [0.1, 0.15) is 11.5 Å². The van der Waals surface area contributed by atoms with Crippen LogP contribution in [-0.4, -0.2) is 13.2 Å². The second kappa shape index (κ2) is 9.24. The SMILES string of the molecule is C=CCCCOc1cc(C)c(OCCCC=C)cc1C. The summed E-state index contributed by atoms with van der Waals surface area (Å²) in [6.45, 7) is 13.0. The van der Waals surface area contributed by atoms with Gasteiger partial charge in [0.15, 0.2) is 0 Å². The van der Waals surface area contributed by atoms with Crippen LogP contribution in [0.4, 0.5) is 0 Å². The molecule has 0 unspecified atom stereocenters. The molecule has 0 aliphatic heterocycles. The standard InChI is InChI=1S/C18H26O2/c1-5-7-9-11-19-17-13-16(4)18(14-15(17)3)20-12-10-8-6-2/h5-6,13-14H,1-2,7-12H2,3-4H3. The van der Waals surface area contributed by atoms with E-state index in [1.165, 1.54) is 0 Å². The molecule has 0 radical (unpaired) electrons. The first-order chi connectivity index (χ1) is 9.69. The fraction of sp³-hybridized carbons (Fsp3) is 0.444. The maximum atomic E-state index is 5.80. The van der Waals surface area contributed by atoms with E-state index in [1.807, 2.05) is 12.2 Å². The molecule has 0 saturated heterocycles. The molecule has 0 saturated carbocycles. The highest BCUT2D eigenvalue weighted by Crippen LogP contribution is 2.28. The molecule has 0 N–H and O–H groups in total. The molecule has 0 bridgehead atoms. The zero-order chi connectivity index (χ0) is 14.8. The molecular weight excluding hydrogens is 248 g/mol. The molecule has 2 heteroatoms. The van der Waals surface area contributed by atoms with Crippen molar-refractivity contribution in [3.8, 4) is 11.5 Å². The molecule has 0 aliphatic rings. The minimum Gasteiger partial charge on any atom is -0.493 e. The Balaban J connectivity index is 2.56. The molecule has 0 spiro atoms. The second-order valence-corrected chi connectivity index (χ2v) is 4.94. The minimum atomic E-state index is 0.728. The van der Waals surface area contributed by atoms with Crippen molar-refractivity contribution in [2.24, 2.45) is 0 Å². The smallest absolute Gasteiger partial charge is 0.122 e. The number of benzene rings is 1. The molecule has 0 atom stereocenters. The summed E-state index contributed by atoms with van der Waals surface area (Å²) >= 11 is 0. The molecule has 110 valence electrons. The van der Waals surface area contributed by atoms with Gasteiger partial charge in [-0.05, 0) is 62.8 Å². The maximum Gasteiger partial charge on any atom is 0.122 e. The molecule has 0 aromatic heterocycles. The van der Waals surface area contributed by atoms with Gasteiger partial charge in [0.2, 0.25) is 0 Å². The van der Waals surface area contributed by atoms with Gasteiger partial charge in [0, 0.05) is 0 Å². The van der Waals surface area contributed by atoms with Gasteiger partial charge < -0.3 is 9.47 Å². The lowest BCUT2D eigenvalue weighted by atomic mass is 10.1. The highest BCUT2D eigenvalue weighted by molar-refractivity contribution is 5.45. The van der Waals surface area contributed by atoms with Crippen molar-refractivity contribution in [2.75, 3.05) is 13.2 Å². The van der Waals surface area contributed by atoms with Crippen molar-refractivity contribution in [3.05, 3.63) is 48.6 Å². The molecule has 0 fully saturated rings. The Hall–Kier alpha value is -1.70. The van der Waals surface area contributed by atoms with Gasteiger partial charge in [-0.25, -0.2) is 0 Å². The lowest BCUT2D eigenvalue weighted by molar-refractivity contribution is 0.300. The van der Waals surface area contributed by atoms with E-state index in [1.54, 1.807) is 0 Å². The molecule has 1 rings (SSSR count). The highest BCUT2D eigenvalue weighted by atomic mass is 16.5. The summed E-state index contributed by atoms with van der Waals surface area (Å²) in [6.07, 6.45) is 7.82. The van der Waals surface area contributed by atoms with Crippen LogP contribution in [0, 0.1) is 13.8 Å². The minimum absolute atomic E-state index is 0.728. The van der Waals surface area contributed by atoms with Crippen LogP contribution in [0.15, 0.2) is 37.4 Å². The summed E-state index contributed by atoms with van der Waals surface area (Å²) in [7, 11) is 0. The predicted octanol–water partition coefficient (Wildman–Crippen LogP) is 4.99. The quantitative estimate of drug-likeness (QED) is 0.442. The van der Waals surface area contributed by atoms with E-state index in [0.717, 1.165) is 61.5 Å². The van der Waals surface area contributed by atoms with Crippen LogP contribution in [0.2, 0.25) is 0 Å². The van der Waals surface area contributed by atoms with Crippen LogP contribution in [0.25, 0.3) is 0 Å². The van der Waals surface area contributed by atoms with Gasteiger partial charge >= 0.3 is 0 Å². The van der Waals surface area contributed by atoms with Crippen LogP contribution >= 0.6 is 0 Å². The fourth-order valence-electron chi connectivity index (χ4n) is 1.89. The lowest BCUT2D eigenvalue weighted by Gasteiger charge is -2.14.